The zero-order chi connectivity index (χ0) is 18.2. The fourth-order valence-electron chi connectivity index (χ4n) is 2.18. The third kappa shape index (κ3) is 3.79. The second kappa shape index (κ2) is 6.91. The molecular weight excluding hydrogens is 404 g/mol. The minimum atomic E-state index is -3.92. The third-order valence-corrected chi connectivity index (χ3v) is 7.48. The van der Waals surface area contributed by atoms with Gasteiger partial charge in [-0.25, -0.2) is 0 Å². The number of thiophene rings is 1. The van der Waals surface area contributed by atoms with E-state index in [0.29, 0.717) is 4.34 Å². The summed E-state index contributed by atoms with van der Waals surface area (Å²) in [6.45, 7) is 1.81. The van der Waals surface area contributed by atoms with E-state index in [1.165, 1.54) is 35.1 Å². The summed E-state index contributed by atoms with van der Waals surface area (Å²) in [5.41, 5.74) is 1.75. The van der Waals surface area contributed by atoms with E-state index in [4.69, 9.17) is 16.3 Å². The molecule has 6 nitrogen and oxygen atoms in total. The molecule has 132 valence electrons. The van der Waals surface area contributed by atoms with Crippen LogP contribution in [0, 0.1) is 6.92 Å². The maximum absolute atomic E-state index is 12.5. The summed E-state index contributed by atoms with van der Waals surface area (Å²) in [5.74, 6) is -0.488. The van der Waals surface area contributed by atoms with Gasteiger partial charge in [0.15, 0.2) is 0 Å². The first kappa shape index (κ1) is 18.1. The van der Waals surface area contributed by atoms with Gasteiger partial charge in [-0.1, -0.05) is 29.0 Å². The highest BCUT2D eigenvalue weighted by atomic mass is 35.5. The minimum absolute atomic E-state index is 0.0516. The van der Waals surface area contributed by atoms with Crippen LogP contribution in [-0.4, -0.2) is 26.1 Å². The van der Waals surface area contributed by atoms with Crippen LogP contribution < -0.4 is 4.80 Å². The third-order valence-electron chi connectivity index (χ3n) is 3.35. The van der Waals surface area contributed by atoms with Gasteiger partial charge < -0.3 is 9.30 Å². The van der Waals surface area contributed by atoms with E-state index in [2.05, 4.69) is 4.40 Å². The van der Waals surface area contributed by atoms with Gasteiger partial charge in [0.1, 0.15) is 10.8 Å². The molecule has 0 spiro atoms. The summed E-state index contributed by atoms with van der Waals surface area (Å²) >= 11 is 7.95. The Kier molecular flexibility index (Phi) is 5.01. The highest BCUT2D eigenvalue weighted by Crippen LogP contribution is 2.27. The molecule has 0 N–H and O–H groups in total. The number of hydrogen-bond acceptors (Lipinski definition) is 6. The first-order valence-corrected chi connectivity index (χ1v) is 10.5. The van der Waals surface area contributed by atoms with Gasteiger partial charge in [-0.2, -0.15) is 8.42 Å². The largest absolute Gasteiger partial charge is 0.468 e. The molecule has 0 aliphatic heterocycles. The number of fused-ring (bicyclic) bond motifs is 1. The molecule has 10 heteroatoms. The zero-order valence-corrected chi connectivity index (χ0v) is 16.4. The van der Waals surface area contributed by atoms with Crippen molar-refractivity contribution in [2.75, 3.05) is 7.11 Å². The number of carbonyl (C=O) groups excluding carboxylic acids is 1. The molecular formula is C15H13ClN2O4S3. The van der Waals surface area contributed by atoms with E-state index in [9.17, 15) is 13.2 Å². The van der Waals surface area contributed by atoms with E-state index in [0.717, 1.165) is 27.1 Å². The Morgan fingerprint density at radius 3 is 2.68 bits per heavy atom. The summed E-state index contributed by atoms with van der Waals surface area (Å²) in [4.78, 5) is 11.9. The van der Waals surface area contributed by atoms with Crippen LogP contribution >= 0.6 is 34.3 Å². The normalized spacial score (nSPS) is 12.7. The summed E-state index contributed by atoms with van der Waals surface area (Å²) in [7, 11) is -2.64. The highest BCUT2D eigenvalue weighted by Gasteiger charge is 2.18. The van der Waals surface area contributed by atoms with Crippen molar-refractivity contribution < 1.29 is 17.9 Å². The number of aryl methyl sites for hydroxylation is 1. The minimum Gasteiger partial charge on any atom is -0.468 e. The standard InChI is InChI=1S/C15H13ClN2O4S3/c1-9-3-4-10-11(7-9)23-15(18(10)8-13(19)22-2)17-25(20,21)14-6-5-12(16)24-14/h3-7H,8H2,1-2H3. The Hall–Kier alpha value is -1.68. The first-order valence-electron chi connectivity index (χ1n) is 7.03. The molecule has 0 atom stereocenters. The molecule has 0 bridgehead atoms. The molecule has 2 aromatic heterocycles. The maximum atomic E-state index is 12.5. The number of methoxy groups -OCH3 is 1. The average Bonchev–Trinajstić information content (AvgIpc) is 3.11. The van der Waals surface area contributed by atoms with Gasteiger partial charge in [0.2, 0.25) is 4.80 Å². The molecule has 0 aliphatic carbocycles. The molecule has 0 unspecified atom stereocenters. The lowest BCUT2D eigenvalue weighted by Gasteiger charge is -2.03. The fourth-order valence-corrected chi connectivity index (χ4v) is 5.97. The monoisotopic (exact) mass is 416 g/mol. The molecule has 0 saturated carbocycles. The SMILES string of the molecule is COC(=O)Cn1c(=NS(=O)(=O)c2ccc(Cl)s2)sc2cc(C)ccc21. The number of hydrogen-bond donors (Lipinski definition) is 0. The van der Waals surface area contributed by atoms with Gasteiger partial charge in [-0.15, -0.1) is 15.7 Å². The number of carbonyl (C=O) groups is 1. The maximum Gasteiger partial charge on any atom is 0.325 e. The Morgan fingerprint density at radius 2 is 2.04 bits per heavy atom. The van der Waals surface area contributed by atoms with Crippen LogP contribution in [0.15, 0.2) is 38.9 Å². The van der Waals surface area contributed by atoms with E-state index >= 15 is 0 Å². The summed E-state index contributed by atoms with van der Waals surface area (Å²) < 4.78 is 36.5. The van der Waals surface area contributed by atoms with Crippen molar-refractivity contribution in [1.82, 2.24) is 4.57 Å². The quantitative estimate of drug-likeness (QED) is 0.612. The van der Waals surface area contributed by atoms with E-state index < -0.39 is 16.0 Å². The van der Waals surface area contributed by atoms with Crippen LogP contribution in [-0.2, 0) is 26.1 Å². The number of sulfonamides is 1. The lowest BCUT2D eigenvalue weighted by atomic mass is 10.2. The number of benzene rings is 1. The van der Waals surface area contributed by atoms with Crippen molar-refractivity contribution in [1.29, 1.82) is 0 Å². The highest BCUT2D eigenvalue weighted by molar-refractivity contribution is 7.92. The van der Waals surface area contributed by atoms with Crippen LogP contribution in [0.2, 0.25) is 4.34 Å². The lowest BCUT2D eigenvalue weighted by Crippen LogP contribution is -2.22. The second-order valence-corrected chi connectivity index (χ2v) is 9.70. The van der Waals surface area contributed by atoms with Crippen LogP contribution in [0.25, 0.3) is 10.2 Å². The predicted octanol–water partition coefficient (Wildman–Crippen LogP) is 3.19. The summed E-state index contributed by atoms with van der Waals surface area (Å²) in [6, 6.07) is 8.55. The number of thiazole rings is 1. The van der Waals surface area contributed by atoms with Gasteiger partial charge in [0, 0.05) is 0 Å². The fraction of sp³-hybridized carbons (Fsp3) is 0.200. The van der Waals surface area contributed by atoms with Crippen molar-refractivity contribution in [3.63, 3.8) is 0 Å². The predicted molar refractivity (Wildman–Crippen MR) is 98.6 cm³/mol. The molecule has 0 fully saturated rings. The van der Waals surface area contributed by atoms with Gasteiger partial charge in [-0.05, 0) is 36.8 Å². The molecule has 2 heterocycles. The van der Waals surface area contributed by atoms with Crippen molar-refractivity contribution in [2.24, 2.45) is 4.40 Å². The molecule has 0 saturated heterocycles. The molecule has 1 aromatic carbocycles. The van der Waals surface area contributed by atoms with Crippen LogP contribution in [0.3, 0.4) is 0 Å². The molecule has 25 heavy (non-hydrogen) atoms. The smallest absolute Gasteiger partial charge is 0.325 e. The van der Waals surface area contributed by atoms with Gasteiger partial charge >= 0.3 is 5.97 Å². The number of ether oxygens (including phenoxy) is 1. The molecule has 3 aromatic rings. The van der Waals surface area contributed by atoms with E-state index in [-0.39, 0.29) is 15.6 Å². The Labute approximate surface area is 157 Å². The van der Waals surface area contributed by atoms with Crippen LogP contribution in [0.4, 0.5) is 0 Å². The number of halogens is 1. The van der Waals surface area contributed by atoms with Crippen molar-refractivity contribution in [3.8, 4) is 0 Å². The topological polar surface area (TPSA) is 77.7 Å². The van der Waals surface area contributed by atoms with Gasteiger partial charge in [0.25, 0.3) is 10.0 Å². The van der Waals surface area contributed by atoms with Crippen molar-refractivity contribution in [3.05, 3.63) is 45.0 Å². The Balaban J connectivity index is 2.23. The van der Waals surface area contributed by atoms with Crippen LogP contribution in [0.1, 0.15) is 5.56 Å². The number of esters is 1. The zero-order valence-electron chi connectivity index (χ0n) is 13.2. The average molecular weight is 417 g/mol. The molecule has 3 rings (SSSR count). The Bertz CT molecular complexity index is 1130. The summed E-state index contributed by atoms with van der Waals surface area (Å²) in [5, 5.41) is 0. The number of rotatable bonds is 4. The second-order valence-electron chi connectivity index (χ2n) is 5.14. The van der Waals surface area contributed by atoms with Crippen molar-refractivity contribution in [2.45, 2.75) is 17.7 Å². The van der Waals surface area contributed by atoms with Gasteiger partial charge in [-0.3, -0.25) is 4.79 Å². The number of aromatic nitrogens is 1. The van der Waals surface area contributed by atoms with E-state index in [1.54, 1.807) is 0 Å². The molecule has 0 amide bonds. The summed E-state index contributed by atoms with van der Waals surface area (Å²) in [6.07, 6.45) is 0. The van der Waals surface area contributed by atoms with Crippen molar-refractivity contribution >= 4 is 60.5 Å². The van der Waals surface area contributed by atoms with E-state index in [1.807, 2.05) is 25.1 Å². The molecule has 0 aliphatic rings. The lowest BCUT2D eigenvalue weighted by molar-refractivity contribution is -0.141. The Morgan fingerprint density at radius 1 is 1.28 bits per heavy atom. The first-order chi connectivity index (χ1) is 11.8. The van der Waals surface area contributed by atoms with Gasteiger partial charge in [0.05, 0.1) is 21.7 Å². The number of nitrogens with zero attached hydrogens (tertiary/aromatic N) is 2. The molecule has 0 radical (unpaired) electrons. The van der Waals surface area contributed by atoms with Crippen LogP contribution in [0.5, 0.6) is 0 Å².